The average Bonchev–Trinajstić information content (AvgIpc) is 3.26. The fourth-order valence-corrected chi connectivity index (χ4v) is 4.91. The molecule has 1 fully saturated rings. The molecule has 0 saturated carbocycles. The molecule has 0 unspecified atom stereocenters. The third kappa shape index (κ3) is 5.77. The number of ether oxygens (including phenoxy) is 1. The number of nitrogens with zero attached hydrogens (tertiary/aromatic N) is 4. The van der Waals surface area contributed by atoms with Crippen LogP contribution >= 0.6 is 11.8 Å². The van der Waals surface area contributed by atoms with Gasteiger partial charge in [0.2, 0.25) is 5.91 Å². The molecule has 0 N–H and O–H groups in total. The summed E-state index contributed by atoms with van der Waals surface area (Å²) in [6, 6.07) is 16.2. The summed E-state index contributed by atoms with van der Waals surface area (Å²) in [5.41, 5.74) is 3.21. The first-order valence-corrected chi connectivity index (χ1v) is 12.6. The number of hydrogen-bond acceptors (Lipinski definition) is 5. The van der Waals surface area contributed by atoms with Crippen LogP contribution in [0.15, 0.2) is 53.7 Å². The second kappa shape index (κ2) is 10.9. The Morgan fingerprint density at radius 3 is 2.42 bits per heavy atom. The Kier molecular flexibility index (Phi) is 7.70. The fourth-order valence-electron chi connectivity index (χ4n) is 4.02. The van der Waals surface area contributed by atoms with E-state index in [1.807, 2.05) is 29.2 Å². The average molecular weight is 465 g/mol. The van der Waals surface area contributed by atoms with Crippen molar-refractivity contribution in [1.82, 2.24) is 19.7 Å². The first-order chi connectivity index (χ1) is 16.0. The Morgan fingerprint density at radius 1 is 1.06 bits per heavy atom. The minimum absolute atomic E-state index is 0.277. The molecule has 0 radical (unpaired) electrons. The quantitative estimate of drug-likeness (QED) is 0.331. The summed E-state index contributed by atoms with van der Waals surface area (Å²) < 4.78 is 7.41. The van der Waals surface area contributed by atoms with Crippen molar-refractivity contribution in [3.05, 3.63) is 54.1 Å². The van der Waals surface area contributed by atoms with Gasteiger partial charge in [-0.05, 0) is 56.4 Å². The van der Waals surface area contributed by atoms with Gasteiger partial charge in [0.15, 0.2) is 11.0 Å². The minimum atomic E-state index is 0.277. The molecule has 33 heavy (non-hydrogen) atoms. The number of hydrogen-bond donors (Lipinski definition) is 0. The zero-order valence-electron chi connectivity index (χ0n) is 19.7. The summed E-state index contributed by atoms with van der Waals surface area (Å²) in [6.45, 7) is 6.14. The lowest BCUT2D eigenvalue weighted by Gasteiger charge is -2.30. The van der Waals surface area contributed by atoms with Crippen LogP contribution < -0.4 is 4.74 Å². The molecule has 0 spiro atoms. The van der Waals surface area contributed by atoms with Gasteiger partial charge in [0.1, 0.15) is 5.75 Å². The maximum atomic E-state index is 12.6. The summed E-state index contributed by atoms with van der Waals surface area (Å²) in [6.07, 6.45) is 3.65. The van der Waals surface area contributed by atoms with Gasteiger partial charge in [-0.2, -0.15) is 0 Å². The monoisotopic (exact) mass is 464 g/mol. The molecular formula is C26H32N4O2S. The molecule has 7 heteroatoms. The van der Waals surface area contributed by atoms with Gasteiger partial charge in [-0.25, -0.2) is 0 Å². The van der Waals surface area contributed by atoms with Gasteiger partial charge in [-0.1, -0.05) is 48.5 Å². The van der Waals surface area contributed by atoms with Crippen LogP contribution in [0.5, 0.6) is 5.75 Å². The lowest BCUT2D eigenvalue weighted by atomic mass is 9.99. The van der Waals surface area contributed by atoms with Crippen LogP contribution in [0.3, 0.4) is 0 Å². The second-order valence-corrected chi connectivity index (χ2v) is 9.78. The molecule has 4 rings (SSSR count). The predicted octanol–water partition coefficient (Wildman–Crippen LogP) is 5.38. The molecule has 174 valence electrons. The topological polar surface area (TPSA) is 60.2 Å². The number of piperidine rings is 1. The highest BCUT2D eigenvalue weighted by Crippen LogP contribution is 2.29. The highest BCUT2D eigenvalue weighted by atomic mass is 32.2. The van der Waals surface area contributed by atoms with E-state index in [1.165, 1.54) is 5.56 Å². The van der Waals surface area contributed by atoms with E-state index in [0.717, 1.165) is 72.0 Å². The van der Waals surface area contributed by atoms with E-state index in [4.69, 9.17) is 4.74 Å². The largest absolute Gasteiger partial charge is 0.497 e. The van der Waals surface area contributed by atoms with Crippen molar-refractivity contribution in [3.63, 3.8) is 0 Å². The minimum Gasteiger partial charge on any atom is -0.497 e. The molecular weight excluding hydrogens is 432 g/mol. The van der Waals surface area contributed by atoms with E-state index in [2.05, 4.69) is 52.9 Å². The predicted molar refractivity (Wildman–Crippen MR) is 133 cm³/mol. The van der Waals surface area contributed by atoms with Gasteiger partial charge in [0.05, 0.1) is 7.11 Å². The molecule has 3 aromatic rings. The van der Waals surface area contributed by atoms with Crippen LogP contribution in [0.4, 0.5) is 0 Å². The van der Waals surface area contributed by atoms with Crippen LogP contribution in [-0.2, 0) is 4.79 Å². The fraction of sp³-hybridized carbons (Fsp3) is 0.423. The number of methoxy groups -OCH3 is 1. The summed E-state index contributed by atoms with van der Waals surface area (Å²) >= 11 is 1.65. The molecule has 0 aliphatic carbocycles. The van der Waals surface area contributed by atoms with Crippen molar-refractivity contribution >= 4 is 17.7 Å². The maximum Gasteiger partial charge on any atom is 0.222 e. The van der Waals surface area contributed by atoms with Crippen molar-refractivity contribution < 1.29 is 9.53 Å². The summed E-state index contributed by atoms with van der Waals surface area (Å²) in [4.78, 5) is 14.6. The number of rotatable bonds is 8. The van der Waals surface area contributed by atoms with E-state index in [0.29, 0.717) is 6.42 Å². The van der Waals surface area contributed by atoms with E-state index in [9.17, 15) is 4.79 Å². The Labute approximate surface area is 200 Å². The molecule has 1 amide bonds. The van der Waals surface area contributed by atoms with Crippen molar-refractivity contribution in [2.24, 2.45) is 5.92 Å². The molecule has 0 atom stereocenters. The summed E-state index contributed by atoms with van der Waals surface area (Å²) in [5.74, 6) is 3.44. The zero-order chi connectivity index (χ0) is 23.2. The van der Waals surface area contributed by atoms with Gasteiger partial charge in [0, 0.05) is 36.5 Å². The standard InChI is InChI=1S/C26H32N4O2S/c1-19-6-8-21(9-7-19)25-27-28-26(30(25)22-10-12-23(32-3)13-11-22)33-18-4-5-24(31)29-16-14-20(2)15-17-29/h6-13,20H,4-5,14-18H2,1-3H3. The molecule has 1 saturated heterocycles. The van der Waals surface area contributed by atoms with Gasteiger partial charge in [-0.15, -0.1) is 10.2 Å². The Balaban J connectivity index is 1.46. The van der Waals surface area contributed by atoms with Gasteiger partial charge >= 0.3 is 0 Å². The van der Waals surface area contributed by atoms with Crippen molar-refractivity contribution in [2.45, 2.75) is 44.7 Å². The van der Waals surface area contributed by atoms with Crippen molar-refractivity contribution in [3.8, 4) is 22.8 Å². The first-order valence-electron chi connectivity index (χ1n) is 11.6. The third-order valence-electron chi connectivity index (χ3n) is 6.18. The number of carbonyl (C=O) groups excluding carboxylic acids is 1. The molecule has 1 aliphatic rings. The number of benzene rings is 2. The van der Waals surface area contributed by atoms with Gasteiger partial charge in [-0.3, -0.25) is 9.36 Å². The molecule has 2 heterocycles. The summed E-state index contributed by atoms with van der Waals surface area (Å²) in [7, 11) is 1.67. The lowest BCUT2D eigenvalue weighted by Crippen LogP contribution is -2.37. The van der Waals surface area contributed by atoms with Crippen LogP contribution in [0, 0.1) is 12.8 Å². The van der Waals surface area contributed by atoms with E-state index in [-0.39, 0.29) is 5.91 Å². The number of likely N-dealkylation sites (tertiary alicyclic amines) is 1. The van der Waals surface area contributed by atoms with Crippen molar-refractivity contribution in [2.75, 3.05) is 26.0 Å². The molecule has 1 aliphatic heterocycles. The summed E-state index contributed by atoms with van der Waals surface area (Å²) in [5, 5.41) is 9.84. The normalized spacial score (nSPS) is 14.5. The maximum absolute atomic E-state index is 12.6. The Morgan fingerprint density at radius 2 is 1.76 bits per heavy atom. The molecule has 0 bridgehead atoms. The Hall–Kier alpha value is -2.80. The van der Waals surface area contributed by atoms with E-state index < -0.39 is 0 Å². The highest BCUT2D eigenvalue weighted by Gasteiger charge is 2.20. The smallest absolute Gasteiger partial charge is 0.222 e. The van der Waals surface area contributed by atoms with Gasteiger partial charge < -0.3 is 9.64 Å². The lowest BCUT2D eigenvalue weighted by molar-refractivity contribution is -0.132. The molecule has 6 nitrogen and oxygen atoms in total. The first kappa shape index (κ1) is 23.4. The van der Waals surface area contributed by atoms with Crippen molar-refractivity contribution in [1.29, 1.82) is 0 Å². The molecule has 1 aromatic heterocycles. The van der Waals surface area contributed by atoms with Crippen LogP contribution in [0.25, 0.3) is 17.1 Å². The SMILES string of the molecule is COc1ccc(-n2c(SCCCC(=O)N3CCC(C)CC3)nnc2-c2ccc(C)cc2)cc1. The molecule has 2 aromatic carbocycles. The van der Waals surface area contributed by atoms with Gasteiger partial charge in [0.25, 0.3) is 0 Å². The second-order valence-electron chi connectivity index (χ2n) is 8.72. The van der Waals surface area contributed by atoms with E-state index in [1.54, 1.807) is 18.9 Å². The number of thioether (sulfide) groups is 1. The third-order valence-corrected chi connectivity index (χ3v) is 7.19. The number of aryl methyl sites for hydroxylation is 1. The van der Waals surface area contributed by atoms with E-state index >= 15 is 0 Å². The Bertz CT molecular complexity index is 1050. The number of aromatic nitrogens is 3. The zero-order valence-corrected chi connectivity index (χ0v) is 20.5. The number of carbonyl (C=O) groups is 1. The van der Waals surface area contributed by atoms with Crippen LogP contribution in [-0.4, -0.2) is 51.5 Å². The number of amides is 1. The van der Waals surface area contributed by atoms with Crippen LogP contribution in [0.2, 0.25) is 0 Å². The van der Waals surface area contributed by atoms with Crippen LogP contribution in [0.1, 0.15) is 38.2 Å². The highest BCUT2D eigenvalue weighted by molar-refractivity contribution is 7.99.